The van der Waals surface area contributed by atoms with Gasteiger partial charge in [-0.15, -0.1) is 11.8 Å². The number of ether oxygens (including phenoxy) is 2. The Bertz CT molecular complexity index is 867. The molecule has 0 unspecified atom stereocenters. The third-order valence-electron chi connectivity index (χ3n) is 2.99. The SMILES string of the molecule is CCSc1ccccc1S(=O)(=O)NC(=O)Nc1nc(OC)cc(OC)n1. The Kier molecular flexibility index (Phi) is 6.64. The molecule has 0 saturated carbocycles. The largest absolute Gasteiger partial charge is 0.481 e. The average molecular weight is 398 g/mol. The molecule has 140 valence electrons. The summed E-state index contributed by atoms with van der Waals surface area (Å²) in [5.74, 6) is 0.834. The summed E-state index contributed by atoms with van der Waals surface area (Å²) in [6.07, 6.45) is 0. The fourth-order valence-corrected chi connectivity index (χ4v) is 4.12. The van der Waals surface area contributed by atoms with E-state index >= 15 is 0 Å². The first-order valence-corrected chi connectivity index (χ1v) is 9.89. The van der Waals surface area contributed by atoms with E-state index in [1.807, 2.05) is 11.6 Å². The number of anilines is 1. The molecule has 0 atom stereocenters. The van der Waals surface area contributed by atoms with Gasteiger partial charge in [0.25, 0.3) is 10.0 Å². The summed E-state index contributed by atoms with van der Waals surface area (Å²) in [7, 11) is -1.29. The highest BCUT2D eigenvalue weighted by Crippen LogP contribution is 2.26. The summed E-state index contributed by atoms with van der Waals surface area (Å²) in [6.45, 7) is 1.90. The fourth-order valence-electron chi connectivity index (χ4n) is 1.92. The van der Waals surface area contributed by atoms with Crippen LogP contribution in [-0.4, -0.2) is 44.4 Å². The van der Waals surface area contributed by atoms with E-state index < -0.39 is 16.1 Å². The van der Waals surface area contributed by atoms with Crippen molar-refractivity contribution in [1.29, 1.82) is 0 Å². The number of urea groups is 1. The summed E-state index contributed by atoms with van der Waals surface area (Å²) >= 11 is 1.36. The Balaban J connectivity index is 2.19. The molecular weight excluding hydrogens is 380 g/mol. The lowest BCUT2D eigenvalue weighted by Crippen LogP contribution is -2.35. The smallest absolute Gasteiger partial charge is 0.335 e. The van der Waals surface area contributed by atoms with Crippen LogP contribution in [0, 0.1) is 0 Å². The van der Waals surface area contributed by atoms with Crippen molar-refractivity contribution in [2.45, 2.75) is 16.7 Å². The number of benzene rings is 1. The number of carbonyl (C=O) groups excluding carboxylic acids is 1. The number of sulfonamides is 1. The van der Waals surface area contributed by atoms with E-state index in [1.54, 1.807) is 18.2 Å². The van der Waals surface area contributed by atoms with Crippen LogP contribution in [0.4, 0.5) is 10.7 Å². The highest BCUT2D eigenvalue weighted by Gasteiger charge is 2.21. The van der Waals surface area contributed by atoms with Gasteiger partial charge in [0.2, 0.25) is 17.7 Å². The molecule has 2 N–H and O–H groups in total. The average Bonchev–Trinajstić information content (AvgIpc) is 2.61. The van der Waals surface area contributed by atoms with Crippen molar-refractivity contribution in [3.05, 3.63) is 30.3 Å². The molecule has 26 heavy (non-hydrogen) atoms. The molecule has 1 aromatic carbocycles. The molecule has 0 spiro atoms. The van der Waals surface area contributed by atoms with E-state index in [0.717, 1.165) is 0 Å². The Morgan fingerprint density at radius 2 is 1.77 bits per heavy atom. The number of carbonyl (C=O) groups is 1. The molecule has 11 heteroatoms. The van der Waals surface area contributed by atoms with Crippen LogP contribution in [0.15, 0.2) is 40.1 Å². The van der Waals surface area contributed by atoms with Crippen molar-refractivity contribution < 1.29 is 22.7 Å². The number of methoxy groups -OCH3 is 2. The van der Waals surface area contributed by atoms with Crippen molar-refractivity contribution in [2.24, 2.45) is 0 Å². The molecule has 1 aromatic heterocycles. The quantitative estimate of drug-likeness (QED) is 0.681. The van der Waals surface area contributed by atoms with E-state index in [1.165, 1.54) is 38.1 Å². The molecule has 2 aromatic rings. The minimum atomic E-state index is -4.06. The van der Waals surface area contributed by atoms with Crippen LogP contribution in [-0.2, 0) is 10.0 Å². The van der Waals surface area contributed by atoms with Gasteiger partial charge in [-0.1, -0.05) is 19.1 Å². The lowest BCUT2D eigenvalue weighted by molar-refractivity contribution is 0.256. The third-order valence-corrected chi connectivity index (χ3v) is 5.46. The van der Waals surface area contributed by atoms with Gasteiger partial charge in [0.1, 0.15) is 4.90 Å². The molecular formula is C15H18N4O5S2. The van der Waals surface area contributed by atoms with Crippen molar-refractivity contribution in [3.8, 4) is 11.8 Å². The van der Waals surface area contributed by atoms with E-state index in [9.17, 15) is 13.2 Å². The topological polar surface area (TPSA) is 120 Å². The second kappa shape index (κ2) is 8.72. The minimum Gasteiger partial charge on any atom is -0.481 e. The zero-order valence-corrected chi connectivity index (χ0v) is 16.0. The van der Waals surface area contributed by atoms with Crippen LogP contribution >= 0.6 is 11.8 Å². The molecule has 0 saturated heterocycles. The van der Waals surface area contributed by atoms with Gasteiger partial charge in [0, 0.05) is 4.90 Å². The number of hydrogen-bond donors (Lipinski definition) is 2. The van der Waals surface area contributed by atoms with Crippen LogP contribution in [0.1, 0.15) is 6.92 Å². The highest BCUT2D eigenvalue weighted by molar-refractivity contribution is 8.00. The molecule has 2 amide bonds. The Labute approximate surface area is 155 Å². The van der Waals surface area contributed by atoms with Gasteiger partial charge in [0.15, 0.2) is 0 Å². The lowest BCUT2D eigenvalue weighted by atomic mass is 10.4. The zero-order valence-electron chi connectivity index (χ0n) is 14.3. The Hall–Kier alpha value is -2.53. The zero-order chi connectivity index (χ0) is 19.2. The van der Waals surface area contributed by atoms with Gasteiger partial charge in [-0.05, 0) is 17.9 Å². The van der Waals surface area contributed by atoms with Crippen molar-refractivity contribution in [1.82, 2.24) is 14.7 Å². The van der Waals surface area contributed by atoms with E-state index in [-0.39, 0.29) is 22.6 Å². The molecule has 0 aliphatic heterocycles. The van der Waals surface area contributed by atoms with Gasteiger partial charge >= 0.3 is 6.03 Å². The molecule has 0 fully saturated rings. The number of aromatic nitrogens is 2. The molecule has 1 heterocycles. The highest BCUT2D eigenvalue weighted by atomic mass is 32.2. The van der Waals surface area contributed by atoms with Gasteiger partial charge in [0.05, 0.1) is 20.3 Å². The predicted molar refractivity (Wildman–Crippen MR) is 97.3 cm³/mol. The lowest BCUT2D eigenvalue weighted by Gasteiger charge is -2.11. The van der Waals surface area contributed by atoms with Crippen molar-refractivity contribution in [3.63, 3.8) is 0 Å². The van der Waals surface area contributed by atoms with Crippen LogP contribution < -0.4 is 19.5 Å². The summed E-state index contributed by atoms with van der Waals surface area (Å²) in [4.78, 5) is 20.5. The third kappa shape index (κ3) is 4.99. The number of thioether (sulfide) groups is 1. The summed E-state index contributed by atoms with van der Waals surface area (Å²) in [6, 6.07) is 6.83. The van der Waals surface area contributed by atoms with Crippen LogP contribution in [0.25, 0.3) is 0 Å². The molecule has 0 aliphatic rings. The van der Waals surface area contributed by atoms with E-state index in [4.69, 9.17) is 9.47 Å². The van der Waals surface area contributed by atoms with Crippen LogP contribution in [0.2, 0.25) is 0 Å². The maximum Gasteiger partial charge on any atom is 0.335 e. The summed E-state index contributed by atoms with van der Waals surface area (Å²) in [5.41, 5.74) is 0. The van der Waals surface area contributed by atoms with Gasteiger partial charge in [-0.2, -0.15) is 9.97 Å². The number of amides is 2. The number of rotatable bonds is 7. The minimum absolute atomic E-state index is 0.0196. The Morgan fingerprint density at radius 1 is 1.15 bits per heavy atom. The van der Waals surface area contributed by atoms with Crippen molar-refractivity contribution >= 4 is 33.8 Å². The Morgan fingerprint density at radius 3 is 2.35 bits per heavy atom. The van der Waals surface area contributed by atoms with Gasteiger partial charge in [-0.25, -0.2) is 17.9 Å². The first-order chi connectivity index (χ1) is 12.4. The maximum absolute atomic E-state index is 12.5. The number of nitrogens with zero attached hydrogens (tertiary/aromatic N) is 2. The van der Waals surface area contributed by atoms with E-state index in [2.05, 4.69) is 15.3 Å². The van der Waals surface area contributed by atoms with Gasteiger partial charge in [-0.3, -0.25) is 5.32 Å². The second-order valence-corrected chi connectivity index (χ2v) is 7.67. The fraction of sp³-hybridized carbons (Fsp3) is 0.267. The summed E-state index contributed by atoms with van der Waals surface area (Å²) < 4.78 is 36.9. The number of hydrogen-bond acceptors (Lipinski definition) is 8. The molecule has 0 radical (unpaired) electrons. The maximum atomic E-state index is 12.5. The molecule has 2 rings (SSSR count). The first kappa shape index (κ1) is 19.8. The van der Waals surface area contributed by atoms with E-state index in [0.29, 0.717) is 10.6 Å². The van der Waals surface area contributed by atoms with Gasteiger partial charge < -0.3 is 9.47 Å². The molecule has 9 nitrogen and oxygen atoms in total. The molecule has 0 aliphatic carbocycles. The monoisotopic (exact) mass is 398 g/mol. The first-order valence-electron chi connectivity index (χ1n) is 7.42. The summed E-state index contributed by atoms with van der Waals surface area (Å²) in [5, 5.41) is 2.25. The standard InChI is InChI=1S/C15H18N4O5S2/c1-4-25-10-7-5-6-8-11(10)26(21,22)19-15(20)18-14-16-12(23-2)9-13(17-14)24-3/h5-9H,4H2,1-3H3,(H2,16,17,18,19,20). The van der Waals surface area contributed by atoms with Crippen molar-refractivity contribution in [2.75, 3.05) is 25.3 Å². The number of nitrogens with one attached hydrogen (secondary N) is 2. The second-order valence-electron chi connectivity index (χ2n) is 4.72. The van der Waals surface area contributed by atoms with Crippen LogP contribution in [0.3, 0.4) is 0 Å². The van der Waals surface area contributed by atoms with Crippen LogP contribution in [0.5, 0.6) is 11.8 Å². The molecule has 0 bridgehead atoms. The normalized spacial score (nSPS) is 10.9. The predicted octanol–water partition coefficient (Wildman–Crippen LogP) is 2.12.